The summed E-state index contributed by atoms with van der Waals surface area (Å²) in [7, 11) is 0. The van der Waals surface area contributed by atoms with Gasteiger partial charge in [0.1, 0.15) is 11.9 Å². The lowest BCUT2D eigenvalue weighted by atomic mass is 10.2. The van der Waals surface area contributed by atoms with Gasteiger partial charge in [0.25, 0.3) is 0 Å². The zero-order valence-electron chi connectivity index (χ0n) is 25.1. The van der Waals surface area contributed by atoms with Crippen molar-refractivity contribution < 1.29 is 23.4 Å². The Labute approximate surface area is 260 Å². The van der Waals surface area contributed by atoms with Crippen molar-refractivity contribution in [3.63, 3.8) is 0 Å². The Balaban J connectivity index is 1.37. The highest BCUT2D eigenvalue weighted by Gasteiger charge is 2.12. The average Bonchev–Trinajstić information content (AvgIpc) is 3.69. The van der Waals surface area contributed by atoms with Crippen molar-refractivity contribution in [1.82, 2.24) is 14.6 Å². The second-order valence-electron chi connectivity index (χ2n) is 10.5. The van der Waals surface area contributed by atoms with Crippen LogP contribution in [0.25, 0.3) is 12.2 Å². The fraction of sp³-hybridized carbons (Fsp3) is 0.375. The number of anilines is 1. The van der Waals surface area contributed by atoms with E-state index in [1.54, 1.807) is 72.4 Å². The quantitative estimate of drug-likeness (QED) is 0.0536. The number of carbonyl (C=O) groups is 1. The Kier molecular flexibility index (Phi) is 12.9. The molecule has 236 valence electrons. The van der Waals surface area contributed by atoms with Crippen LogP contribution in [0.3, 0.4) is 0 Å². The van der Waals surface area contributed by atoms with Crippen LogP contribution in [0.1, 0.15) is 42.2 Å². The summed E-state index contributed by atoms with van der Waals surface area (Å²) in [6.45, 7) is 7.50. The van der Waals surface area contributed by atoms with Gasteiger partial charge in [-0.25, -0.2) is 4.39 Å². The first kappa shape index (κ1) is 33.3. The van der Waals surface area contributed by atoms with Gasteiger partial charge in [-0.15, -0.1) is 0 Å². The zero-order valence-corrected chi connectivity index (χ0v) is 25.9. The summed E-state index contributed by atoms with van der Waals surface area (Å²) in [5.41, 5.74) is 7.86. The Bertz CT molecular complexity index is 1530. The van der Waals surface area contributed by atoms with E-state index in [4.69, 9.17) is 10.5 Å². The smallest absolute Gasteiger partial charge is 0.184 e. The van der Waals surface area contributed by atoms with Crippen LogP contribution in [0.5, 0.6) is 11.5 Å². The number of ether oxygens (including phenoxy) is 1. The number of aromatic nitrogens is 1. The average molecular weight is 627 g/mol. The fourth-order valence-corrected chi connectivity index (χ4v) is 5.55. The molecule has 1 atom stereocenters. The Morgan fingerprint density at radius 3 is 2.77 bits per heavy atom. The number of nitrogens with one attached hydrogen (secondary N) is 2. The molecule has 0 bridgehead atoms. The zero-order chi connectivity index (χ0) is 31.3. The number of rotatable bonds is 16. The second-order valence-corrected chi connectivity index (χ2v) is 11.4. The molecule has 12 heteroatoms. The molecule has 0 aliphatic carbocycles. The summed E-state index contributed by atoms with van der Waals surface area (Å²) in [6, 6.07) is 13.1. The normalized spacial score (nSPS) is 15.4. The Morgan fingerprint density at radius 2 is 2.05 bits per heavy atom. The van der Waals surface area contributed by atoms with Crippen LogP contribution in [0.15, 0.2) is 53.6 Å². The molecular formula is C32H40F2N6O3S. The number of hydrogen-bond donors (Lipinski definition) is 3. The third-order valence-electron chi connectivity index (χ3n) is 7.12. The van der Waals surface area contributed by atoms with E-state index < -0.39 is 11.9 Å². The summed E-state index contributed by atoms with van der Waals surface area (Å²) in [5.74, 6) is 0.953. The first-order valence-corrected chi connectivity index (χ1v) is 15.7. The van der Waals surface area contributed by atoms with Crippen molar-refractivity contribution in [2.45, 2.75) is 39.2 Å². The van der Waals surface area contributed by atoms with E-state index in [0.717, 1.165) is 23.5 Å². The molecule has 4 rings (SSSR count). The van der Waals surface area contributed by atoms with Crippen molar-refractivity contribution >= 4 is 41.8 Å². The van der Waals surface area contributed by atoms with Crippen molar-refractivity contribution in [1.29, 1.82) is 0 Å². The number of benzene rings is 2. The maximum atomic E-state index is 14.0. The maximum Gasteiger partial charge on any atom is 0.184 e. The van der Waals surface area contributed by atoms with Gasteiger partial charge in [-0.3, -0.25) is 14.5 Å². The molecule has 0 amide bonds. The first-order valence-electron chi connectivity index (χ1n) is 14.7. The van der Waals surface area contributed by atoms with E-state index in [9.17, 15) is 13.7 Å². The summed E-state index contributed by atoms with van der Waals surface area (Å²) in [6.07, 6.45) is 6.85. The number of likely N-dealkylation sites (tertiary alicyclic amines) is 1. The summed E-state index contributed by atoms with van der Waals surface area (Å²) >= 11 is 1.66. The molecule has 4 N–H and O–H groups in total. The number of H-pyrrole nitrogens is 1. The van der Waals surface area contributed by atoms with E-state index in [1.807, 2.05) is 13.0 Å². The van der Waals surface area contributed by atoms with Gasteiger partial charge in [-0.2, -0.15) is 10.0 Å². The van der Waals surface area contributed by atoms with E-state index >= 15 is 0 Å². The van der Waals surface area contributed by atoms with Crippen molar-refractivity contribution in [3.05, 3.63) is 76.2 Å². The molecule has 0 radical (unpaired) electrons. The van der Waals surface area contributed by atoms with Gasteiger partial charge in [0.2, 0.25) is 0 Å². The molecular weight excluding hydrogens is 586 g/mol. The van der Waals surface area contributed by atoms with Crippen LogP contribution in [0.4, 0.5) is 14.6 Å². The summed E-state index contributed by atoms with van der Waals surface area (Å²) in [5, 5.41) is 7.36. The minimum atomic E-state index is -0.768. The number of nitrogens with two attached hydrogens (primary N) is 1. The Morgan fingerprint density at radius 1 is 1.25 bits per heavy atom. The molecule has 1 aromatic heterocycles. The molecule has 0 spiro atoms. The van der Waals surface area contributed by atoms with Gasteiger partial charge in [-0.1, -0.05) is 24.1 Å². The number of nitrogens with zero attached hydrogens (tertiary/aromatic N) is 3. The van der Waals surface area contributed by atoms with E-state index in [1.165, 1.54) is 38.2 Å². The van der Waals surface area contributed by atoms with Crippen molar-refractivity contribution in [3.8, 4) is 11.5 Å². The minimum absolute atomic E-state index is 0.0170. The second kappa shape index (κ2) is 17.1. The lowest BCUT2D eigenvalue weighted by Gasteiger charge is -2.19. The van der Waals surface area contributed by atoms with Gasteiger partial charge in [0, 0.05) is 36.8 Å². The predicted octanol–water partition coefficient (Wildman–Crippen LogP) is 4.42. The van der Waals surface area contributed by atoms with Crippen molar-refractivity contribution in [2.75, 3.05) is 43.6 Å². The number of aromatic amines is 1. The van der Waals surface area contributed by atoms with Gasteiger partial charge >= 0.3 is 0 Å². The summed E-state index contributed by atoms with van der Waals surface area (Å²) < 4.78 is 35.8. The van der Waals surface area contributed by atoms with E-state index in [2.05, 4.69) is 24.6 Å². The minimum Gasteiger partial charge on any atom is -0.454 e. The van der Waals surface area contributed by atoms with E-state index in [0.29, 0.717) is 28.6 Å². The molecule has 1 fully saturated rings. The maximum absolute atomic E-state index is 14.0. The first-order chi connectivity index (χ1) is 21.4. The summed E-state index contributed by atoms with van der Waals surface area (Å²) in [4.78, 5) is 22.6. The molecule has 1 aliphatic rings. The molecule has 2 aromatic carbocycles. The monoisotopic (exact) mass is 626 g/mol. The number of Topliss-reactive ketones (excluding diaryl/α,β-unsaturated/α-hetero) is 1. The van der Waals surface area contributed by atoms with Crippen LogP contribution in [0, 0.1) is 12.7 Å². The van der Waals surface area contributed by atoms with Gasteiger partial charge in [0.05, 0.1) is 18.1 Å². The topological polar surface area (TPSA) is 108 Å². The predicted molar refractivity (Wildman–Crippen MR) is 173 cm³/mol. The third-order valence-corrected chi connectivity index (χ3v) is 7.87. The van der Waals surface area contributed by atoms with Crippen LogP contribution in [-0.4, -0.2) is 66.6 Å². The van der Waals surface area contributed by atoms with Crippen molar-refractivity contribution in [2.24, 2.45) is 10.8 Å². The molecule has 3 aromatic rings. The molecule has 1 saturated heterocycles. The molecule has 0 saturated carbocycles. The molecule has 1 unspecified atom stereocenters. The third kappa shape index (κ3) is 9.73. The highest BCUT2D eigenvalue weighted by Crippen LogP contribution is 2.29. The number of hydrogen-bond acceptors (Lipinski definition) is 9. The number of aryl methyl sites for hydroxylation is 1. The Hall–Kier alpha value is -3.55. The number of para-hydroxylation sites is 1. The SMILES string of the molecule is Cc1cc(Oc2ccccc2F)ccc1N(CN)/N=C\CC(=O)c1cc(=C/C(C)OF)/c(=C\CNSCCN2CCCC2)[nH]1. The van der Waals surface area contributed by atoms with Crippen LogP contribution in [0.2, 0.25) is 0 Å². The van der Waals surface area contributed by atoms with Gasteiger partial charge < -0.3 is 20.4 Å². The van der Waals surface area contributed by atoms with Gasteiger partial charge in [0.15, 0.2) is 17.3 Å². The lowest BCUT2D eigenvalue weighted by molar-refractivity contribution is -0.150. The standard InChI is InChI=1S/C32H40F2N6O3S/c1-23-19-26(42-32-8-4-3-7-27(32)33)9-10-30(23)40(22-35)36-13-12-31(41)29-21-25(20-24(2)43-34)28(38-29)11-14-37-44-18-17-39-15-5-6-16-39/h3-4,7-11,13,19-21,24,37-38H,5-6,12,14-18,22,35H2,1-2H3/b25-20-,28-11+,36-13-. The van der Waals surface area contributed by atoms with Gasteiger partial charge in [-0.05, 0) is 104 Å². The number of ketones is 1. The fourth-order valence-electron chi connectivity index (χ4n) is 4.85. The largest absolute Gasteiger partial charge is 0.454 e. The molecule has 44 heavy (non-hydrogen) atoms. The van der Waals surface area contributed by atoms with Crippen LogP contribution < -0.4 is 30.8 Å². The lowest BCUT2D eigenvalue weighted by Crippen LogP contribution is -2.26. The highest BCUT2D eigenvalue weighted by molar-refractivity contribution is 7.97. The molecule has 2 heterocycles. The highest BCUT2D eigenvalue weighted by atomic mass is 32.2. The number of hydrazone groups is 1. The van der Waals surface area contributed by atoms with E-state index in [-0.39, 0.29) is 24.6 Å². The van der Waals surface area contributed by atoms with Crippen LogP contribution >= 0.6 is 11.9 Å². The number of carbonyl (C=O) groups excluding carboxylic acids is 1. The molecule has 9 nitrogen and oxygen atoms in total. The van der Waals surface area contributed by atoms with Crippen LogP contribution in [-0.2, 0) is 4.94 Å². The molecule has 1 aliphatic heterocycles. The number of halogens is 2.